The van der Waals surface area contributed by atoms with Crippen LogP contribution in [-0.2, 0) is 11.3 Å². The molecule has 2 atom stereocenters. The highest BCUT2D eigenvalue weighted by molar-refractivity contribution is 6.30. The number of morpholine rings is 1. The quantitative estimate of drug-likeness (QED) is 0.528. The lowest BCUT2D eigenvalue weighted by molar-refractivity contribution is -0.0504. The number of alkyl halides is 2. The largest absolute Gasteiger partial charge is 0.434 e. The molecule has 2 N–H and O–H groups in total. The first kappa shape index (κ1) is 21.1. The average molecular weight is 417 g/mol. The van der Waals surface area contributed by atoms with Gasteiger partial charge in [0.25, 0.3) is 0 Å². The summed E-state index contributed by atoms with van der Waals surface area (Å²) in [6.07, 6.45) is 2.55. The number of benzene rings is 1. The minimum atomic E-state index is -2.90. The first-order valence-corrected chi connectivity index (χ1v) is 10.0. The standard InChI is InChI=1S/C19H27ClF2N4O2/c1-2-23-19(25-10-16-11-26-7-3-4-15(26)12-27-16)24-9-13-8-14(20)5-6-17(13)28-18(21)22/h5-6,8,15-16,18H,2-4,7,9-12H2,1H3,(H2,23,24,25). The maximum atomic E-state index is 12.6. The second-order valence-corrected chi connectivity index (χ2v) is 7.39. The molecule has 9 heteroatoms. The third kappa shape index (κ3) is 5.93. The number of rotatable bonds is 7. The van der Waals surface area contributed by atoms with E-state index in [1.54, 1.807) is 6.07 Å². The number of nitrogens with zero attached hydrogens (tertiary/aromatic N) is 2. The molecule has 0 spiro atoms. The second-order valence-electron chi connectivity index (χ2n) is 6.95. The highest BCUT2D eigenvalue weighted by atomic mass is 35.5. The fourth-order valence-electron chi connectivity index (χ4n) is 3.61. The molecule has 0 radical (unpaired) electrons. The third-order valence-electron chi connectivity index (χ3n) is 4.95. The summed E-state index contributed by atoms with van der Waals surface area (Å²) >= 11 is 5.99. The Hall–Kier alpha value is -1.64. The van der Waals surface area contributed by atoms with Gasteiger partial charge in [0.15, 0.2) is 5.96 Å². The lowest BCUT2D eigenvalue weighted by Gasteiger charge is -2.35. The molecule has 2 aliphatic rings. The van der Waals surface area contributed by atoms with Crippen LogP contribution in [0, 0.1) is 0 Å². The Bertz CT molecular complexity index is 677. The molecule has 1 aromatic rings. The molecule has 2 fully saturated rings. The molecule has 2 heterocycles. The van der Waals surface area contributed by atoms with Crippen LogP contribution in [0.15, 0.2) is 23.2 Å². The molecule has 2 saturated heterocycles. The highest BCUT2D eigenvalue weighted by Crippen LogP contribution is 2.25. The predicted molar refractivity (Wildman–Crippen MR) is 105 cm³/mol. The molecule has 0 bridgehead atoms. The van der Waals surface area contributed by atoms with Gasteiger partial charge in [-0.1, -0.05) is 11.6 Å². The van der Waals surface area contributed by atoms with Gasteiger partial charge in [0.1, 0.15) is 5.75 Å². The average Bonchev–Trinajstić information content (AvgIpc) is 3.13. The number of hydrogen-bond acceptors (Lipinski definition) is 4. The number of nitrogens with one attached hydrogen (secondary N) is 2. The normalized spacial score (nSPS) is 23.0. The molecule has 2 aliphatic heterocycles. The Kier molecular flexibility index (Phi) is 7.70. The number of hydrogen-bond donors (Lipinski definition) is 2. The minimum absolute atomic E-state index is 0.0784. The van der Waals surface area contributed by atoms with Crippen molar-refractivity contribution in [3.63, 3.8) is 0 Å². The van der Waals surface area contributed by atoms with Gasteiger partial charge in [0, 0.05) is 36.3 Å². The van der Waals surface area contributed by atoms with E-state index >= 15 is 0 Å². The molecule has 156 valence electrons. The van der Waals surface area contributed by atoms with Crippen molar-refractivity contribution in [1.82, 2.24) is 15.5 Å². The van der Waals surface area contributed by atoms with Crippen LogP contribution >= 0.6 is 11.6 Å². The van der Waals surface area contributed by atoms with Gasteiger partial charge >= 0.3 is 6.61 Å². The predicted octanol–water partition coefficient (Wildman–Crippen LogP) is 2.86. The van der Waals surface area contributed by atoms with Gasteiger partial charge in [-0.3, -0.25) is 4.90 Å². The fraction of sp³-hybridized carbons (Fsp3) is 0.632. The van der Waals surface area contributed by atoms with Crippen molar-refractivity contribution < 1.29 is 18.3 Å². The smallest absolute Gasteiger partial charge is 0.387 e. The highest BCUT2D eigenvalue weighted by Gasteiger charge is 2.32. The molecule has 0 saturated carbocycles. The van der Waals surface area contributed by atoms with Crippen LogP contribution in [0.4, 0.5) is 8.78 Å². The Balaban J connectivity index is 1.59. The van der Waals surface area contributed by atoms with Gasteiger partial charge in [-0.15, -0.1) is 0 Å². The minimum Gasteiger partial charge on any atom is -0.434 e. The van der Waals surface area contributed by atoms with Crippen LogP contribution < -0.4 is 15.4 Å². The Morgan fingerprint density at radius 2 is 2.29 bits per heavy atom. The van der Waals surface area contributed by atoms with Crippen LogP contribution in [0.3, 0.4) is 0 Å². The Morgan fingerprint density at radius 1 is 1.43 bits per heavy atom. The number of ether oxygens (including phenoxy) is 2. The summed E-state index contributed by atoms with van der Waals surface area (Å²) in [7, 11) is 0. The molecule has 0 aromatic heterocycles. The van der Waals surface area contributed by atoms with E-state index < -0.39 is 6.61 Å². The lowest BCUT2D eigenvalue weighted by Crippen LogP contribution is -2.51. The number of halogens is 3. The summed E-state index contributed by atoms with van der Waals surface area (Å²) in [5.74, 6) is 0.673. The molecule has 0 aliphatic carbocycles. The summed E-state index contributed by atoms with van der Waals surface area (Å²) in [5.41, 5.74) is 0.499. The van der Waals surface area contributed by atoms with Crippen LogP contribution in [0.5, 0.6) is 5.75 Å². The Labute approximate surface area is 169 Å². The molecule has 28 heavy (non-hydrogen) atoms. The molecule has 2 unspecified atom stereocenters. The van der Waals surface area contributed by atoms with Crippen LogP contribution in [-0.4, -0.2) is 62.4 Å². The van der Waals surface area contributed by atoms with E-state index in [0.29, 0.717) is 35.7 Å². The molecular weight excluding hydrogens is 390 g/mol. The zero-order chi connectivity index (χ0) is 19.9. The molecule has 0 amide bonds. The first-order chi connectivity index (χ1) is 13.5. The molecule has 1 aromatic carbocycles. The summed E-state index contributed by atoms with van der Waals surface area (Å²) in [6.45, 7) is 3.38. The van der Waals surface area contributed by atoms with Crippen molar-refractivity contribution in [2.75, 3.05) is 32.8 Å². The van der Waals surface area contributed by atoms with E-state index in [2.05, 4.69) is 25.3 Å². The molecule has 3 rings (SSSR count). The van der Waals surface area contributed by atoms with E-state index in [1.807, 2.05) is 6.92 Å². The van der Waals surface area contributed by atoms with E-state index in [-0.39, 0.29) is 18.4 Å². The summed E-state index contributed by atoms with van der Waals surface area (Å²) in [4.78, 5) is 6.97. The van der Waals surface area contributed by atoms with Gasteiger partial charge in [0.2, 0.25) is 0 Å². The van der Waals surface area contributed by atoms with Crippen LogP contribution in [0.1, 0.15) is 25.3 Å². The van der Waals surface area contributed by atoms with Crippen molar-refractivity contribution >= 4 is 17.6 Å². The van der Waals surface area contributed by atoms with Gasteiger partial charge in [-0.25, -0.2) is 4.99 Å². The monoisotopic (exact) mass is 416 g/mol. The lowest BCUT2D eigenvalue weighted by atomic mass is 10.2. The topological polar surface area (TPSA) is 58.1 Å². The maximum absolute atomic E-state index is 12.6. The zero-order valence-corrected chi connectivity index (χ0v) is 16.7. The Morgan fingerprint density at radius 3 is 3.07 bits per heavy atom. The third-order valence-corrected chi connectivity index (χ3v) is 5.18. The van der Waals surface area contributed by atoms with E-state index in [0.717, 1.165) is 19.7 Å². The zero-order valence-electron chi connectivity index (χ0n) is 16.0. The first-order valence-electron chi connectivity index (χ1n) is 9.66. The summed E-state index contributed by atoms with van der Waals surface area (Å²) < 4.78 is 35.7. The van der Waals surface area contributed by atoms with Gasteiger partial charge < -0.3 is 20.1 Å². The number of guanidine groups is 1. The van der Waals surface area contributed by atoms with E-state index in [4.69, 9.17) is 16.3 Å². The van der Waals surface area contributed by atoms with Crippen molar-refractivity contribution in [3.05, 3.63) is 28.8 Å². The summed E-state index contributed by atoms with van der Waals surface area (Å²) in [6, 6.07) is 5.10. The second kappa shape index (κ2) is 10.2. The van der Waals surface area contributed by atoms with Crippen molar-refractivity contribution in [2.45, 2.75) is 45.1 Å². The number of aliphatic imine (C=N–C) groups is 1. The van der Waals surface area contributed by atoms with Gasteiger partial charge in [-0.2, -0.15) is 8.78 Å². The van der Waals surface area contributed by atoms with Gasteiger partial charge in [-0.05, 0) is 44.5 Å². The van der Waals surface area contributed by atoms with Crippen LogP contribution in [0.25, 0.3) is 0 Å². The van der Waals surface area contributed by atoms with E-state index in [1.165, 1.54) is 25.0 Å². The van der Waals surface area contributed by atoms with Crippen molar-refractivity contribution in [1.29, 1.82) is 0 Å². The SMILES string of the molecule is CCNC(=NCc1cc(Cl)ccc1OC(F)F)NCC1CN2CCCC2CO1. The number of fused-ring (bicyclic) bond motifs is 1. The summed E-state index contributed by atoms with van der Waals surface area (Å²) in [5, 5.41) is 6.89. The molecular formula is C19H27ClF2N4O2. The van der Waals surface area contributed by atoms with E-state index in [9.17, 15) is 8.78 Å². The van der Waals surface area contributed by atoms with Crippen LogP contribution in [0.2, 0.25) is 5.02 Å². The fourth-order valence-corrected chi connectivity index (χ4v) is 3.80. The maximum Gasteiger partial charge on any atom is 0.387 e. The van der Waals surface area contributed by atoms with Gasteiger partial charge in [0.05, 0.1) is 19.3 Å². The van der Waals surface area contributed by atoms with Crippen molar-refractivity contribution in [3.8, 4) is 5.75 Å². The van der Waals surface area contributed by atoms with Crippen molar-refractivity contribution in [2.24, 2.45) is 4.99 Å². The molecule has 6 nitrogen and oxygen atoms in total.